The van der Waals surface area contributed by atoms with Gasteiger partial charge < -0.3 is 10.4 Å². The highest BCUT2D eigenvalue weighted by Gasteiger charge is 2.71. The zero-order valence-electron chi connectivity index (χ0n) is 32.1. The van der Waals surface area contributed by atoms with Crippen molar-refractivity contribution in [3.63, 3.8) is 0 Å². The second-order valence-corrected chi connectivity index (χ2v) is 21.5. The van der Waals surface area contributed by atoms with Crippen molar-refractivity contribution in [2.24, 2.45) is 56.7 Å². The fraction of sp³-hybridized carbons (Fsp3) is 0.721. The van der Waals surface area contributed by atoms with E-state index in [0.717, 1.165) is 44.2 Å². The molecule has 4 N–H and O–H groups in total. The number of carboxylic acid groups (broad SMARTS) is 1. The van der Waals surface area contributed by atoms with E-state index in [1.807, 2.05) is 12.1 Å². The standard InChI is InChI=1S/C43H64N2O5S/c1-28(2)31-14-19-43(38(48)44-22-23-45-24-26-51(49,50)27-25-45)21-20-41(6)33(36(31)43)12-13-35-40(5)17-15-32(29-8-10-30(11-9-29)37(46)47)39(3,4)34(40)16-18-42(35,41)7/h8-11,15,31,33-36,49-50H,1,12-14,16-27H2,2-7H3,(H,44,48)(H,46,47)/t31-,33+,34-,35+,36+,40-,41+,42+,43-/m0/s1. The van der Waals surface area contributed by atoms with Crippen LogP contribution < -0.4 is 5.32 Å². The summed E-state index contributed by atoms with van der Waals surface area (Å²) >= 11 is 0. The molecule has 0 radical (unpaired) electrons. The van der Waals surface area contributed by atoms with Crippen LogP contribution in [-0.2, 0) is 4.79 Å². The highest BCUT2D eigenvalue weighted by Crippen LogP contribution is 2.77. The molecule has 0 bridgehead atoms. The summed E-state index contributed by atoms with van der Waals surface area (Å²) in [6, 6.07) is 7.52. The van der Waals surface area contributed by atoms with Crippen LogP contribution in [0.15, 0.2) is 42.5 Å². The van der Waals surface area contributed by atoms with Crippen molar-refractivity contribution in [3.05, 3.63) is 53.6 Å². The monoisotopic (exact) mass is 720 g/mol. The Bertz CT molecular complexity index is 1590. The number of carbonyl (C=O) groups is 2. The fourth-order valence-electron chi connectivity index (χ4n) is 13.9. The Morgan fingerprint density at radius 3 is 2.24 bits per heavy atom. The minimum absolute atomic E-state index is 0.0260. The zero-order chi connectivity index (χ0) is 36.8. The SMILES string of the molecule is C=C(C)[C@@H]1CC[C@]2(C(=O)NCCN3CCS(O)(O)CC3)CC[C@]3(C)[C@H](CC[C@@H]4[C@@]5(C)CC=C(c6ccc(C(=O)O)cc6)C(C)(C)[C@@H]5CC[C@]43C)[C@@H]12. The number of allylic oxidation sites excluding steroid dienone is 3. The number of nitrogens with zero attached hydrogens (tertiary/aromatic N) is 1. The van der Waals surface area contributed by atoms with E-state index in [4.69, 9.17) is 0 Å². The molecule has 8 heteroatoms. The average molecular weight is 721 g/mol. The van der Waals surface area contributed by atoms with Crippen molar-refractivity contribution < 1.29 is 23.8 Å². The van der Waals surface area contributed by atoms with Gasteiger partial charge in [0, 0.05) is 26.2 Å². The predicted molar refractivity (Wildman–Crippen MR) is 208 cm³/mol. The molecule has 1 heterocycles. The normalized spacial score (nSPS) is 41.9. The summed E-state index contributed by atoms with van der Waals surface area (Å²) in [7, 11) is -2.42. The van der Waals surface area contributed by atoms with Gasteiger partial charge in [-0.25, -0.2) is 4.79 Å². The molecule has 5 aliphatic carbocycles. The minimum Gasteiger partial charge on any atom is -0.478 e. The molecule has 1 saturated heterocycles. The number of amides is 1. The Kier molecular flexibility index (Phi) is 9.29. The molecule has 1 amide bonds. The summed E-state index contributed by atoms with van der Waals surface area (Å²) < 4.78 is 20.1. The summed E-state index contributed by atoms with van der Waals surface area (Å²) in [5.74, 6) is 2.58. The van der Waals surface area contributed by atoms with Gasteiger partial charge in [0.15, 0.2) is 0 Å². The summed E-state index contributed by atoms with van der Waals surface area (Å²) in [5, 5.41) is 12.9. The number of fused-ring (bicyclic) bond motifs is 7. The summed E-state index contributed by atoms with van der Waals surface area (Å²) in [4.78, 5) is 28.3. The van der Waals surface area contributed by atoms with Gasteiger partial charge in [-0.3, -0.25) is 18.8 Å². The molecule has 6 aliphatic rings. The van der Waals surface area contributed by atoms with E-state index in [9.17, 15) is 23.8 Å². The number of hydrogen-bond donors (Lipinski definition) is 4. The maximum atomic E-state index is 14.5. The minimum atomic E-state index is -2.42. The molecule has 1 aromatic rings. The first-order chi connectivity index (χ1) is 23.9. The van der Waals surface area contributed by atoms with E-state index in [2.05, 4.69) is 64.4 Å². The number of aromatic carboxylic acids is 1. The van der Waals surface area contributed by atoms with Crippen LogP contribution in [0.1, 0.15) is 115 Å². The van der Waals surface area contributed by atoms with Gasteiger partial charge in [-0.2, -0.15) is 10.6 Å². The molecule has 1 aliphatic heterocycles. The first kappa shape index (κ1) is 37.2. The molecule has 1 aromatic carbocycles. The Morgan fingerprint density at radius 1 is 0.902 bits per heavy atom. The molecule has 0 aromatic heterocycles. The van der Waals surface area contributed by atoms with Crippen molar-refractivity contribution in [1.82, 2.24) is 10.2 Å². The summed E-state index contributed by atoms with van der Waals surface area (Å²) in [6.07, 6.45) is 12.4. The zero-order valence-corrected chi connectivity index (χ0v) is 32.9. The second kappa shape index (κ2) is 12.7. The predicted octanol–water partition coefficient (Wildman–Crippen LogP) is 9.22. The van der Waals surface area contributed by atoms with E-state index in [1.165, 1.54) is 36.8 Å². The van der Waals surface area contributed by atoms with Gasteiger partial charge in [0.25, 0.3) is 0 Å². The Labute approximate surface area is 308 Å². The van der Waals surface area contributed by atoms with Crippen LogP contribution in [0.2, 0.25) is 0 Å². The van der Waals surface area contributed by atoms with Crippen LogP contribution in [-0.4, -0.2) is 68.7 Å². The molecule has 0 spiro atoms. The first-order valence-corrected chi connectivity index (χ1v) is 21.7. The van der Waals surface area contributed by atoms with Crippen LogP contribution in [0.25, 0.3) is 5.57 Å². The average Bonchev–Trinajstić information content (AvgIpc) is 3.47. The van der Waals surface area contributed by atoms with E-state index in [-0.39, 0.29) is 33.0 Å². The Morgan fingerprint density at radius 2 is 1.59 bits per heavy atom. The molecule has 51 heavy (non-hydrogen) atoms. The number of nitrogens with one attached hydrogen (secondary N) is 1. The van der Waals surface area contributed by atoms with Crippen LogP contribution in [0.3, 0.4) is 0 Å². The summed E-state index contributed by atoms with van der Waals surface area (Å²) in [5.41, 5.74) is 4.24. The fourth-order valence-corrected chi connectivity index (χ4v) is 15.2. The lowest BCUT2D eigenvalue weighted by Crippen LogP contribution is -2.66. The Balaban J connectivity index is 1.14. The lowest BCUT2D eigenvalue weighted by atomic mass is 9.32. The first-order valence-electron chi connectivity index (χ1n) is 19.8. The number of hydrogen-bond acceptors (Lipinski definition) is 5. The third-order valence-electron chi connectivity index (χ3n) is 16.7. The maximum absolute atomic E-state index is 14.5. The second-order valence-electron chi connectivity index (χ2n) is 19.1. The lowest BCUT2D eigenvalue weighted by molar-refractivity contribution is -0.225. The van der Waals surface area contributed by atoms with Crippen molar-refractivity contribution in [3.8, 4) is 0 Å². The maximum Gasteiger partial charge on any atom is 0.335 e. The van der Waals surface area contributed by atoms with Crippen molar-refractivity contribution in [1.29, 1.82) is 0 Å². The molecule has 4 saturated carbocycles. The Hall–Kier alpha value is -2.13. The largest absolute Gasteiger partial charge is 0.478 e. The summed E-state index contributed by atoms with van der Waals surface area (Å²) in [6.45, 7) is 22.2. The van der Waals surface area contributed by atoms with Gasteiger partial charge in [0.05, 0.1) is 22.5 Å². The molecule has 7 nitrogen and oxygen atoms in total. The lowest BCUT2D eigenvalue weighted by Gasteiger charge is -2.72. The van der Waals surface area contributed by atoms with Crippen molar-refractivity contribution in [2.75, 3.05) is 37.7 Å². The van der Waals surface area contributed by atoms with Crippen LogP contribution in [0.5, 0.6) is 0 Å². The molecule has 5 fully saturated rings. The van der Waals surface area contributed by atoms with Crippen LogP contribution in [0, 0.1) is 56.7 Å². The molecular formula is C43H64N2O5S. The molecule has 9 atom stereocenters. The number of carbonyl (C=O) groups excluding carboxylic acids is 1. The number of benzene rings is 1. The molecule has 282 valence electrons. The van der Waals surface area contributed by atoms with Gasteiger partial charge >= 0.3 is 5.97 Å². The van der Waals surface area contributed by atoms with Crippen LogP contribution >= 0.6 is 10.6 Å². The van der Waals surface area contributed by atoms with E-state index in [1.54, 1.807) is 12.1 Å². The van der Waals surface area contributed by atoms with Gasteiger partial charge in [-0.15, -0.1) is 0 Å². The van der Waals surface area contributed by atoms with E-state index >= 15 is 0 Å². The van der Waals surface area contributed by atoms with Crippen molar-refractivity contribution in [2.45, 2.75) is 99.3 Å². The van der Waals surface area contributed by atoms with E-state index in [0.29, 0.717) is 66.3 Å². The van der Waals surface area contributed by atoms with Gasteiger partial charge in [0.1, 0.15) is 0 Å². The number of carboxylic acids is 1. The highest BCUT2D eigenvalue weighted by atomic mass is 32.3. The number of rotatable bonds is 7. The highest BCUT2D eigenvalue weighted by molar-refractivity contribution is 8.24. The molecular weight excluding hydrogens is 657 g/mol. The van der Waals surface area contributed by atoms with Crippen LogP contribution in [0.4, 0.5) is 0 Å². The van der Waals surface area contributed by atoms with Gasteiger partial charge in [-0.05, 0) is 139 Å². The third-order valence-corrected chi connectivity index (χ3v) is 18.4. The quantitative estimate of drug-likeness (QED) is 0.209. The topological polar surface area (TPSA) is 110 Å². The van der Waals surface area contributed by atoms with E-state index < -0.39 is 16.6 Å². The molecule has 0 unspecified atom stereocenters. The van der Waals surface area contributed by atoms with Crippen molar-refractivity contribution >= 4 is 28.0 Å². The van der Waals surface area contributed by atoms with Gasteiger partial charge in [-0.1, -0.05) is 65.0 Å². The van der Waals surface area contributed by atoms with Gasteiger partial charge in [0.2, 0.25) is 5.91 Å². The molecule has 7 rings (SSSR count). The third kappa shape index (κ3) is 5.71. The smallest absolute Gasteiger partial charge is 0.335 e.